The molecule has 0 unspecified atom stereocenters. The van der Waals surface area contributed by atoms with E-state index < -0.39 is 5.60 Å². The Morgan fingerprint density at radius 2 is 1.53 bits per heavy atom. The van der Waals surface area contributed by atoms with Gasteiger partial charge in [-0.3, -0.25) is 9.59 Å². The van der Waals surface area contributed by atoms with Crippen molar-refractivity contribution >= 4 is 11.8 Å². The summed E-state index contributed by atoms with van der Waals surface area (Å²) >= 11 is 0. The second kappa shape index (κ2) is 12.2. The minimum atomic E-state index is -1.02. The number of benzene rings is 2. The Balaban J connectivity index is 1.46. The van der Waals surface area contributed by atoms with E-state index in [0.717, 1.165) is 11.3 Å². The highest BCUT2D eigenvalue weighted by molar-refractivity contribution is 5.80. The zero-order chi connectivity index (χ0) is 25.4. The van der Waals surface area contributed by atoms with Crippen LogP contribution in [0.2, 0.25) is 0 Å². The van der Waals surface area contributed by atoms with Crippen LogP contribution < -0.4 is 9.47 Å². The molecule has 2 aliphatic heterocycles. The van der Waals surface area contributed by atoms with Gasteiger partial charge in [0.1, 0.15) is 29.5 Å². The summed E-state index contributed by atoms with van der Waals surface area (Å²) < 4.78 is 36.3. The van der Waals surface area contributed by atoms with Gasteiger partial charge < -0.3 is 28.7 Å². The first-order valence-corrected chi connectivity index (χ1v) is 12.3. The van der Waals surface area contributed by atoms with Crippen LogP contribution in [-0.4, -0.2) is 86.4 Å². The number of carbonyl (C=O) groups excluding carboxylic acids is 2. The summed E-state index contributed by atoms with van der Waals surface area (Å²) in [5, 5.41) is 0. The highest BCUT2D eigenvalue weighted by Crippen LogP contribution is 2.26. The number of rotatable bonds is 9. The fraction of sp³-hybridized carbons (Fsp3) is 0.481. The van der Waals surface area contributed by atoms with Crippen molar-refractivity contribution in [1.82, 2.24) is 9.80 Å². The molecule has 0 spiro atoms. The van der Waals surface area contributed by atoms with E-state index >= 15 is 0 Å². The van der Waals surface area contributed by atoms with Gasteiger partial charge in [-0.05, 0) is 48.9 Å². The predicted molar refractivity (Wildman–Crippen MR) is 130 cm³/mol. The van der Waals surface area contributed by atoms with Crippen LogP contribution in [-0.2, 0) is 25.5 Å². The molecule has 0 N–H and O–H groups in total. The fourth-order valence-electron chi connectivity index (χ4n) is 4.41. The second-order valence-electron chi connectivity index (χ2n) is 9.01. The molecular formula is C27H33FN2O6. The number of hydrogen-bond acceptors (Lipinski definition) is 6. The summed E-state index contributed by atoms with van der Waals surface area (Å²) in [5.41, 5.74) is -0.135. The maximum Gasteiger partial charge on any atom is 0.227 e. The van der Waals surface area contributed by atoms with Crippen LogP contribution in [0.25, 0.3) is 0 Å². The third-order valence-corrected chi connectivity index (χ3v) is 6.34. The maximum absolute atomic E-state index is 13.3. The van der Waals surface area contributed by atoms with Gasteiger partial charge >= 0.3 is 0 Å². The molecule has 0 aliphatic carbocycles. The van der Waals surface area contributed by atoms with Gasteiger partial charge in [-0.2, -0.15) is 0 Å². The Hall–Kier alpha value is -3.17. The van der Waals surface area contributed by atoms with Crippen molar-refractivity contribution < 1.29 is 32.9 Å². The number of morpholine rings is 2. The van der Waals surface area contributed by atoms with Crippen LogP contribution in [0.1, 0.15) is 18.9 Å². The number of hydrogen-bond donors (Lipinski definition) is 0. The predicted octanol–water partition coefficient (Wildman–Crippen LogP) is 2.69. The van der Waals surface area contributed by atoms with Gasteiger partial charge in [-0.25, -0.2) is 4.39 Å². The molecule has 1 atom stereocenters. The number of nitrogens with zero attached hydrogens (tertiary/aromatic N) is 2. The fourth-order valence-corrected chi connectivity index (χ4v) is 4.41. The molecule has 2 aromatic carbocycles. The lowest BCUT2D eigenvalue weighted by atomic mass is 9.96. The normalized spacial score (nSPS) is 20.2. The van der Waals surface area contributed by atoms with E-state index in [1.54, 1.807) is 9.80 Å². The van der Waals surface area contributed by atoms with E-state index in [4.69, 9.17) is 18.9 Å². The van der Waals surface area contributed by atoms with Gasteiger partial charge in [-0.15, -0.1) is 0 Å². The minimum Gasteiger partial charge on any atom is -0.494 e. The van der Waals surface area contributed by atoms with Crippen molar-refractivity contribution in [1.29, 1.82) is 0 Å². The Labute approximate surface area is 210 Å². The Morgan fingerprint density at radius 1 is 0.889 bits per heavy atom. The third-order valence-electron chi connectivity index (χ3n) is 6.34. The SMILES string of the molecule is CCOc1ccc(CC(=O)N2CCO[C@@](COc3ccc(F)cc3)(CC(=O)N3CCOCC3)C2)cc1. The molecule has 2 fully saturated rings. The van der Waals surface area contributed by atoms with Gasteiger partial charge in [0.15, 0.2) is 0 Å². The molecule has 4 rings (SSSR count). The summed E-state index contributed by atoms with van der Waals surface area (Å²) in [4.78, 5) is 29.9. The van der Waals surface area contributed by atoms with Crippen LogP contribution in [0.5, 0.6) is 11.5 Å². The Kier molecular flexibility index (Phi) is 8.77. The molecule has 0 bridgehead atoms. The highest BCUT2D eigenvalue weighted by Gasteiger charge is 2.42. The van der Waals surface area contributed by atoms with Crippen LogP contribution in [0, 0.1) is 5.82 Å². The van der Waals surface area contributed by atoms with Crippen LogP contribution in [0.3, 0.4) is 0 Å². The lowest BCUT2D eigenvalue weighted by molar-refractivity contribution is -0.167. The first-order chi connectivity index (χ1) is 17.5. The summed E-state index contributed by atoms with van der Waals surface area (Å²) in [6.07, 6.45) is 0.305. The van der Waals surface area contributed by atoms with E-state index in [2.05, 4.69) is 0 Å². The molecule has 9 heteroatoms. The van der Waals surface area contributed by atoms with Crippen molar-refractivity contribution in [3.63, 3.8) is 0 Å². The smallest absolute Gasteiger partial charge is 0.227 e. The van der Waals surface area contributed by atoms with Crippen LogP contribution >= 0.6 is 0 Å². The van der Waals surface area contributed by atoms with Gasteiger partial charge in [-0.1, -0.05) is 12.1 Å². The van der Waals surface area contributed by atoms with Crippen molar-refractivity contribution in [2.24, 2.45) is 0 Å². The van der Waals surface area contributed by atoms with Crippen molar-refractivity contribution in [3.05, 3.63) is 59.9 Å². The topological polar surface area (TPSA) is 77.5 Å². The largest absolute Gasteiger partial charge is 0.494 e. The molecule has 0 aromatic heterocycles. The Bertz CT molecular complexity index is 1010. The summed E-state index contributed by atoms with van der Waals surface area (Å²) in [6.45, 7) is 5.54. The zero-order valence-electron chi connectivity index (χ0n) is 20.6. The van der Waals surface area contributed by atoms with Crippen LogP contribution in [0.4, 0.5) is 4.39 Å². The molecule has 36 heavy (non-hydrogen) atoms. The van der Waals surface area contributed by atoms with Crippen molar-refractivity contribution in [2.75, 3.05) is 59.2 Å². The third kappa shape index (κ3) is 6.95. The first kappa shape index (κ1) is 25.9. The summed E-state index contributed by atoms with van der Waals surface area (Å²) in [6, 6.07) is 13.2. The van der Waals surface area contributed by atoms with Gasteiger partial charge in [0, 0.05) is 19.6 Å². The molecule has 194 valence electrons. The molecule has 0 saturated carbocycles. The number of halogens is 1. The molecular weight excluding hydrogens is 467 g/mol. The average molecular weight is 501 g/mol. The zero-order valence-corrected chi connectivity index (χ0v) is 20.6. The van der Waals surface area contributed by atoms with E-state index in [1.807, 2.05) is 31.2 Å². The van der Waals surface area contributed by atoms with E-state index in [9.17, 15) is 14.0 Å². The number of ether oxygens (including phenoxy) is 4. The van der Waals surface area contributed by atoms with Crippen molar-refractivity contribution in [2.45, 2.75) is 25.4 Å². The first-order valence-electron chi connectivity index (χ1n) is 12.3. The van der Waals surface area contributed by atoms with E-state index in [0.29, 0.717) is 45.2 Å². The number of carbonyl (C=O) groups is 2. The lowest BCUT2D eigenvalue weighted by Crippen LogP contribution is -2.59. The molecule has 2 aliphatic rings. The quantitative estimate of drug-likeness (QED) is 0.527. The Morgan fingerprint density at radius 3 is 2.22 bits per heavy atom. The monoisotopic (exact) mass is 500 g/mol. The maximum atomic E-state index is 13.3. The van der Waals surface area contributed by atoms with E-state index in [1.165, 1.54) is 24.3 Å². The molecule has 2 heterocycles. The van der Waals surface area contributed by atoms with Gasteiger partial charge in [0.25, 0.3) is 0 Å². The van der Waals surface area contributed by atoms with Crippen molar-refractivity contribution in [3.8, 4) is 11.5 Å². The minimum absolute atomic E-state index is 0.0487. The van der Waals surface area contributed by atoms with Gasteiger partial charge in [0.05, 0.1) is 45.8 Å². The molecule has 2 aromatic rings. The summed E-state index contributed by atoms with van der Waals surface area (Å²) in [7, 11) is 0. The summed E-state index contributed by atoms with van der Waals surface area (Å²) in [5.74, 6) is 0.753. The van der Waals surface area contributed by atoms with Gasteiger partial charge in [0.2, 0.25) is 11.8 Å². The van der Waals surface area contributed by atoms with Crippen LogP contribution in [0.15, 0.2) is 48.5 Å². The molecule has 8 nitrogen and oxygen atoms in total. The molecule has 2 amide bonds. The standard InChI is InChI=1S/C27H33FN2O6/c1-2-34-23-7-3-21(4-8-23)17-25(31)30-13-16-36-27(19-30,18-26(32)29-11-14-33-15-12-29)20-35-24-9-5-22(28)6-10-24/h3-10H,2,11-20H2,1H3/t27-/m0/s1. The van der Waals surface area contributed by atoms with E-state index in [-0.39, 0.29) is 50.2 Å². The molecule has 2 saturated heterocycles. The number of amides is 2. The lowest BCUT2D eigenvalue weighted by Gasteiger charge is -2.43. The molecule has 0 radical (unpaired) electrons. The average Bonchev–Trinajstić information content (AvgIpc) is 2.90. The second-order valence-corrected chi connectivity index (χ2v) is 9.01. The highest BCUT2D eigenvalue weighted by atomic mass is 19.1.